The number of aromatic nitrogens is 2. The highest BCUT2D eigenvalue weighted by Gasteiger charge is 2.13. The first-order chi connectivity index (χ1) is 19.0. The van der Waals surface area contributed by atoms with Crippen molar-refractivity contribution in [2.45, 2.75) is 6.54 Å². The molecule has 1 heterocycles. The molecule has 0 bridgehead atoms. The molecular weight excluding hydrogens is 488 g/mol. The largest absolute Gasteiger partial charge is 0.497 e. The molecule has 0 atom stereocenters. The molecule has 0 aliphatic rings. The molecule has 0 spiro atoms. The molecule has 0 fully saturated rings. The number of methoxy groups -OCH3 is 1. The Bertz CT molecular complexity index is 1520. The summed E-state index contributed by atoms with van der Waals surface area (Å²) in [5.41, 5.74) is 10.9. The van der Waals surface area contributed by atoms with Crippen LogP contribution in [-0.2, 0) is 6.54 Å². The van der Waals surface area contributed by atoms with Gasteiger partial charge in [-0.15, -0.1) is 0 Å². The lowest BCUT2D eigenvalue weighted by atomic mass is 10.1. The average molecular weight is 521 g/mol. The van der Waals surface area contributed by atoms with E-state index in [9.17, 15) is 4.79 Å². The van der Waals surface area contributed by atoms with Crippen LogP contribution in [0.2, 0.25) is 0 Å². The Morgan fingerprint density at radius 3 is 2.23 bits per heavy atom. The number of nitrogen functional groups attached to an aromatic ring is 1. The van der Waals surface area contributed by atoms with Gasteiger partial charge in [0.05, 0.1) is 24.0 Å². The number of nitrogens with two attached hydrogens (primary N) is 1. The number of para-hydroxylation sites is 3. The topological polar surface area (TPSA) is 105 Å². The maximum absolute atomic E-state index is 10.8. The highest BCUT2D eigenvalue weighted by Crippen LogP contribution is 2.30. The van der Waals surface area contributed by atoms with Gasteiger partial charge in [0.25, 0.3) is 0 Å². The van der Waals surface area contributed by atoms with Gasteiger partial charge in [0.1, 0.15) is 17.9 Å². The van der Waals surface area contributed by atoms with Crippen molar-refractivity contribution in [3.63, 3.8) is 0 Å². The van der Waals surface area contributed by atoms with Crippen LogP contribution >= 0.6 is 0 Å². The Morgan fingerprint density at radius 2 is 1.59 bits per heavy atom. The van der Waals surface area contributed by atoms with Crippen molar-refractivity contribution in [2.24, 2.45) is 0 Å². The smallest absolute Gasteiger partial charge is 0.225 e. The van der Waals surface area contributed by atoms with Gasteiger partial charge in [0, 0.05) is 37.3 Å². The van der Waals surface area contributed by atoms with Crippen LogP contribution in [0.5, 0.6) is 5.75 Å². The van der Waals surface area contributed by atoms with Crippen molar-refractivity contribution in [1.29, 1.82) is 0 Å². The Labute approximate surface area is 228 Å². The van der Waals surface area contributed by atoms with Crippen molar-refractivity contribution in [2.75, 3.05) is 42.5 Å². The second-order valence-corrected chi connectivity index (χ2v) is 8.70. The Hall–Kier alpha value is -5.11. The molecule has 0 aliphatic carbocycles. The minimum atomic E-state index is 0.545. The first-order valence-corrected chi connectivity index (χ1v) is 12.5. The number of hydrogen-bond donors (Lipinski definition) is 3. The van der Waals surface area contributed by atoms with E-state index in [4.69, 9.17) is 15.5 Å². The maximum atomic E-state index is 10.8. The van der Waals surface area contributed by atoms with E-state index in [2.05, 4.69) is 15.6 Å². The van der Waals surface area contributed by atoms with E-state index in [0.717, 1.165) is 51.4 Å². The monoisotopic (exact) mass is 520 g/mol. The number of aldehydes is 1. The highest BCUT2D eigenvalue weighted by atomic mass is 16.5. The van der Waals surface area contributed by atoms with Gasteiger partial charge in [0.2, 0.25) is 5.95 Å². The number of carbonyl (C=O) groups is 1. The molecular formula is C31H32N6O2. The third-order valence-corrected chi connectivity index (χ3v) is 6.16. The van der Waals surface area contributed by atoms with Gasteiger partial charge in [-0.1, -0.05) is 48.5 Å². The van der Waals surface area contributed by atoms with Crippen molar-refractivity contribution < 1.29 is 9.53 Å². The molecule has 4 aromatic carbocycles. The minimum Gasteiger partial charge on any atom is -0.497 e. The van der Waals surface area contributed by atoms with Crippen LogP contribution in [0.25, 0.3) is 10.9 Å². The second-order valence-electron chi connectivity index (χ2n) is 8.70. The van der Waals surface area contributed by atoms with E-state index >= 15 is 0 Å². The third kappa shape index (κ3) is 6.81. The van der Waals surface area contributed by atoms with Crippen LogP contribution in [0, 0.1) is 0 Å². The molecule has 0 amide bonds. The number of nitrogens with one attached hydrogen (secondary N) is 2. The van der Waals surface area contributed by atoms with Crippen molar-refractivity contribution in [1.82, 2.24) is 9.97 Å². The van der Waals surface area contributed by atoms with Crippen LogP contribution in [0.4, 0.5) is 28.8 Å². The van der Waals surface area contributed by atoms with E-state index in [-0.39, 0.29) is 0 Å². The molecule has 0 saturated carbocycles. The fourth-order valence-electron chi connectivity index (χ4n) is 3.94. The zero-order chi connectivity index (χ0) is 27.6. The lowest BCUT2D eigenvalue weighted by Crippen LogP contribution is -2.14. The first kappa shape index (κ1) is 26.9. The molecule has 1 aromatic heterocycles. The predicted molar refractivity (Wildman–Crippen MR) is 160 cm³/mol. The number of ether oxygens (including phenoxy) is 1. The highest BCUT2D eigenvalue weighted by molar-refractivity contribution is 5.92. The van der Waals surface area contributed by atoms with Crippen LogP contribution in [-0.4, -0.2) is 37.5 Å². The summed E-state index contributed by atoms with van der Waals surface area (Å²) in [6.07, 6.45) is 0.838. The van der Waals surface area contributed by atoms with E-state index in [0.29, 0.717) is 18.1 Å². The van der Waals surface area contributed by atoms with Gasteiger partial charge in [-0.2, -0.15) is 4.98 Å². The van der Waals surface area contributed by atoms with Crippen LogP contribution in [0.1, 0.15) is 15.9 Å². The Kier molecular flexibility index (Phi) is 8.92. The number of hydrogen-bond acceptors (Lipinski definition) is 8. The number of benzene rings is 4. The molecule has 0 unspecified atom stereocenters. The summed E-state index contributed by atoms with van der Waals surface area (Å²) in [7, 11) is 5.49. The van der Waals surface area contributed by atoms with E-state index in [1.807, 2.05) is 104 Å². The summed E-state index contributed by atoms with van der Waals surface area (Å²) >= 11 is 0. The van der Waals surface area contributed by atoms with E-state index < -0.39 is 0 Å². The number of fused-ring (bicyclic) bond motifs is 1. The van der Waals surface area contributed by atoms with Crippen molar-refractivity contribution in [3.05, 3.63) is 108 Å². The molecule has 4 N–H and O–H groups in total. The predicted octanol–water partition coefficient (Wildman–Crippen LogP) is 6.14. The van der Waals surface area contributed by atoms with Crippen LogP contribution in [0.3, 0.4) is 0 Å². The lowest BCUT2D eigenvalue weighted by molar-refractivity contribution is 0.112. The quantitative estimate of drug-likeness (QED) is 0.165. The van der Waals surface area contributed by atoms with E-state index in [1.54, 1.807) is 19.2 Å². The summed E-state index contributed by atoms with van der Waals surface area (Å²) in [4.78, 5) is 22.3. The third-order valence-electron chi connectivity index (χ3n) is 6.16. The van der Waals surface area contributed by atoms with E-state index in [1.165, 1.54) is 0 Å². The normalized spacial score (nSPS) is 10.2. The maximum Gasteiger partial charge on any atom is 0.225 e. The average Bonchev–Trinajstić information content (AvgIpc) is 3.00. The standard InChI is InChI=1S/C24H22N4O2.C7H10N2/c1-28(19-11-13-20(30-2)14-12-19)23-21-5-3-4-6-22(21)26-24(27-23)25-15-17-7-9-18(16-29)10-8-17;1-9-7-5-3-2-4-6(7)8/h3-14,16H,15H2,1-2H3,(H,25,26,27);2-5,9H,8H2,1H3. The molecule has 39 heavy (non-hydrogen) atoms. The minimum absolute atomic E-state index is 0.545. The van der Waals surface area contributed by atoms with Crippen molar-refractivity contribution in [3.8, 4) is 5.75 Å². The van der Waals surface area contributed by atoms with Crippen LogP contribution in [0.15, 0.2) is 97.1 Å². The lowest BCUT2D eigenvalue weighted by Gasteiger charge is -2.21. The first-order valence-electron chi connectivity index (χ1n) is 12.5. The summed E-state index contributed by atoms with van der Waals surface area (Å²) in [6.45, 7) is 0.559. The Morgan fingerprint density at radius 1 is 0.897 bits per heavy atom. The number of anilines is 5. The molecule has 5 aromatic rings. The van der Waals surface area contributed by atoms with Gasteiger partial charge in [-0.05, 0) is 54.1 Å². The van der Waals surface area contributed by atoms with Gasteiger partial charge >= 0.3 is 0 Å². The molecule has 8 nitrogen and oxygen atoms in total. The number of carbonyl (C=O) groups excluding carboxylic acids is 1. The molecule has 0 aliphatic heterocycles. The van der Waals surface area contributed by atoms with Gasteiger partial charge in [-0.25, -0.2) is 4.98 Å². The fraction of sp³-hybridized carbons (Fsp3) is 0.129. The molecule has 0 radical (unpaired) electrons. The van der Waals surface area contributed by atoms with Gasteiger partial charge in [-0.3, -0.25) is 4.79 Å². The number of rotatable bonds is 8. The van der Waals surface area contributed by atoms with Crippen molar-refractivity contribution >= 4 is 46.0 Å². The molecule has 5 rings (SSSR count). The summed E-state index contributed by atoms with van der Waals surface area (Å²) in [5.74, 6) is 2.16. The van der Waals surface area contributed by atoms with Gasteiger partial charge in [0.15, 0.2) is 0 Å². The molecule has 0 saturated heterocycles. The summed E-state index contributed by atoms with van der Waals surface area (Å²) in [5, 5.41) is 7.24. The second kappa shape index (κ2) is 12.9. The fourth-order valence-corrected chi connectivity index (χ4v) is 3.94. The zero-order valence-electron chi connectivity index (χ0n) is 22.3. The molecule has 198 valence electrons. The zero-order valence-corrected chi connectivity index (χ0v) is 22.3. The van der Waals surface area contributed by atoms with Crippen LogP contribution < -0.4 is 26.0 Å². The Balaban J connectivity index is 0.000000333. The number of nitrogens with zero attached hydrogens (tertiary/aromatic N) is 3. The summed E-state index contributed by atoms with van der Waals surface area (Å²) in [6, 6.07) is 30.9. The SMILES string of the molecule is CNc1ccccc1N.COc1ccc(N(C)c2nc(NCc3ccc(C=O)cc3)nc3ccccc23)cc1. The molecule has 8 heteroatoms. The van der Waals surface area contributed by atoms with Gasteiger partial charge < -0.3 is 26.0 Å². The summed E-state index contributed by atoms with van der Waals surface area (Å²) < 4.78 is 5.26.